The van der Waals surface area contributed by atoms with Crippen LogP contribution in [0.4, 0.5) is 10.5 Å². The third-order valence-corrected chi connectivity index (χ3v) is 3.47. The molecule has 0 aliphatic heterocycles. The number of urea groups is 1. The maximum Gasteiger partial charge on any atom is 0.321 e. The molecule has 0 saturated carbocycles. The number of hydrogen-bond donors (Lipinski definition) is 2. The number of halogens is 1. The molecule has 0 fully saturated rings. The van der Waals surface area contributed by atoms with E-state index < -0.39 is 0 Å². The Morgan fingerprint density at radius 2 is 2.09 bits per heavy atom. The smallest absolute Gasteiger partial charge is 0.321 e. The number of rotatable bonds is 7. The number of amides is 2. The van der Waals surface area contributed by atoms with Crippen LogP contribution < -0.4 is 5.32 Å². The molecule has 2 amide bonds. The van der Waals surface area contributed by atoms with Gasteiger partial charge in [0.05, 0.1) is 31.2 Å². The molecule has 0 bridgehead atoms. The molecule has 0 saturated heterocycles. The van der Waals surface area contributed by atoms with Crippen LogP contribution in [0, 0.1) is 0 Å². The van der Waals surface area contributed by atoms with Gasteiger partial charge in [-0.15, -0.1) is 0 Å². The molecular formula is C16H20ClN3O3. The van der Waals surface area contributed by atoms with E-state index >= 15 is 0 Å². The van der Waals surface area contributed by atoms with Crippen LogP contribution in [0.15, 0.2) is 42.7 Å². The van der Waals surface area contributed by atoms with Crippen LogP contribution >= 0.6 is 11.6 Å². The van der Waals surface area contributed by atoms with Gasteiger partial charge in [0.15, 0.2) is 0 Å². The van der Waals surface area contributed by atoms with Crippen LogP contribution in [0.5, 0.6) is 0 Å². The zero-order chi connectivity index (χ0) is 16.7. The second-order valence-corrected chi connectivity index (χ2v) is 5.38. The Kier molecular flexibility index (Phi) is 6.46. The molecule has 1 aromatic heterocycles. The molecule has 0 spiro atoms. The normalized spacial score (nSPS) is 10.6. The standard InChI is InChI=1S/C16H20ClN3O3/c1-19(8-10-23-11-9-21)16(22)18-14-5-4-13(17)12-15(14)20-6-2-3-7-20/h2-7,12,21H,8-11H2,1H3,(H,18,22). The third-order valence-electron chi connectivity index (χ3n) is 3.24. The predicted octanol–water partition coefficient (Wildman–Crippen LogP) is 2.60. The number of benzene rings is 1. The fraction of sp³-hybridized carbons (Fsp3) is 0.312. The van der Waals surface area contributed by atoms with Crippen LogP contribution in [-0.4, -0.2) is 54.0 Å². The Hall–Kier alpha value is -2.02. The average Bonchev–Trinajstić information content (AvgIpc) is 3.07. The van der Waals surface area contributed by atoms with Gasteiger partial charge in [0.1, 0.15) is 0 Å². The highest BCUT2D eigenvalue weighted by molar-refractivity contribution is 6.30. The number of hydrogen-bond acceptors (Lipinski definition) is 3. The lowest BCUT2D eigenvalue weighted by molar-refractivity contribution is 0.0833. The number of anilines is 1. The SMILES string of the molecule is CN(CCOCCO)C(=O)Nc1ccc(Cl)cc1-n1cccc1. The van der Waals surface area contributed by atoms with Gasteiger partial charge in [0.2, 0.25) is 0 Å². The van der Waals surface area contributed by atoms with Crippen molar-refractivity contribution in [3.63, 3.8) is 0 Å². The molecule has 124 valence electrons. The van der Waals surface area contributed by atoms with Crippen molar-refractivity contribution in [2.24, 2.45) is 0 Å². The summed E-state index contributed by atoms with van der Waals surface area (Å²) >= 11 is 6.06. The van der Waals surface area contributed by atoms with Crippen molar-refractivity contribution in [2.75, 3.05) is 38.7 Å². The van der Waals surface area contributed by atoms with Crippen LogP contribution in [0.25, 0.3) is 5.69 Å². The highest BCUT2D eigenvalue weighted by Crippen LogP contribution is 2.24. The Morgan fingerprint density at radius 3 is 2.78 bits per heavy atom. The number of carbonyl (C=O) groups is 1. The van der Waals surface area contributed by atoms with Crippen molar-refractivity contribution < 1.29 is 14.6 Å². The van der Waals surface area contributed by atoms with E-state index in [2.05, 4.69) is 5.32 Å². The first-order valence-corrected chi connectivity index (χ1v) is 7.63. The van der Waals surface area contributed by atoms with Crippen molar-refractivity contribution in [1.82, 2.24) is 9.47 Å². The van der Waals surface area contributed by atoms with Gasteiger partial charge in [0.25, 0.3) is 0 Å². The molecule has 6 nitrogen and oxygen atoms in total. The minimum Gasteiger partial charge on any atom is -0.394 e. The van der Waals surface area contributed by atoms with E-state index in [4.69, 9.17) is 21.4 Å². The van der Waals surface area contributed by atoms with Crippen LogP contribution in [-0.2, 0) is 4.74 Å². The van der Waals surface area contributed by atoms with E-state index in [1.165, 1.54) is 4.90 Å². The van der Waals surface area contributed by atoms with Gasteiger partial charge in [-0.1, -0.05) is 11.6 Å². The van der Waals surface area contributed by atoms with Crippen LogP contribution in [0.1, 0.15) is 0 Å². The van der Waals surface area contributed by atoms with Crippen molar-refractivity contribution in [2.45, 2.75) is 0 Å². The molecule has 0 aliphatic carbocycles. The largest absolute Gasteiger partial charge is 0.394 e. The summed E-state index contributed by atoms with van der Waals surface area (Å²) < 4.78 is 7.04. The number of aliphatic hydroxyl groups excluding tert-OH is 1. The number of carbonyl (C=O) groups excluding carboxylic acids is 1. The Morgan fingerprint density at radius 1 is 1.35 bits per heavy atom. The number of aromatic nitrogens is 1. The summed E-state index contributed by atoms with van der Waals surface area (Å²) in [5, 5.41) is 12.1. The quantitative estimate of drug-likeness (QED) is 0.763. The molecular weight excluding hydrogens is 318 g/mol. The molecule has 7 heteroatoms. The average molecular weight is 338 g/mol. The lowest BCUT2D eigenvalue weighted by Crippen LogP contribution is -2.34. The van der Waals surface area contributed by atoms with Crippen LogP contribution in [0.2, 0.25) is 5.02 Å². The van der Waals surface area contributed by atoms with E-state index in [0.29, 0.717) is 23.9 Å². The van der Waals surface area contributed by atoms with Crippen molar-refractivity contribution in [1.29, 1.82) is 0 Å². The third kappa shape index (κ3) is 4.99. The Labute approximate surface area is 140 Å². The fourth-order valence-electron chi connectivity index (χ4n) is 2.00. The highest BCUT2D eigenvalue weighted by Gasteiger charge is 2.12. The zero-order valence-electron chi connectivity index (χ0n) is 12.9. The number of nitrogens with one attached hydrogen (secondary N) is 1. The maximum absolute atomic E-state index is 12.3. The molecule has 0 atom stereocenters. The molecule has 1 heterocycles. The summed E-state index contributed by atoms with van der Waals surface area (Å²) in [6.45, 7) is 1.04. The Balaban J connectivity index is 2.03. The first kappa shape index (κ1) is 17.3. The lowest BCUT2D eigenvalue weighted by Gasteiger charge is -2.19. The number of ether oxygens (including phenoxy) is 1. The summed E-state index contributed by atoms with van der Waals surface area (Å²) in [6.07, 6.45) is 3.77. The summed E-state index contributed by atoms with van der Waals surface area (Å²) in [7, 11) is 1.68. The van der Waals surface area contributed by atoms with Gasteiger partial charge in [-0.25, -0.2) is 4.79 Å². The van der Waals surface area contributed by atoms with E-state index in [1.807, 2.05) is 29.1 Å². The molecule has 2 N–H and O–H groups in total. The zero-order valence-corrected chi connectivity index (χ0v) is 13.7. The summed E-state index contributed by atoms with van der Waals surface area (Å²) in [5.74, 6) is 0. The highest BCUT2D eigenvalue weighted by atomic mass is 35.5. The first-order valence-electron chi connectivity index (χ1n) is 7.25. The van der Waals surface area contributed by atoms with Crippen molar-refractivity contribution in [3.8, 4) is 5.69 Å². The van der Waals surface area contributed by atoms with Gasteiger partial charge in [-0.3, -0.25) is 0 Å². The number of aliphatic hydroxyl groups is 1. The van der Waals surface area contributed by atoms with Crippen molar-refractivity contribution in [3.05, 3.63) is 47.7 Å². The summed E-state index contributed by atoms with van der Waals surface area (Å²) in [5.41, 5.74) is 1.46. The Bertz CT molecular complexity index is 632. The molecule has 2 aromatic rings. The maximum atomic E-state index is 12.3. The minimum atomic E-state index is -0.242. The second kappa shape index (κ2) is 8.57. The van der Waals surface area contributed by atoms with Gasteiger partial charge >= 0.3 is 6.03 Å². The predicted molar refractivity (Wildman–Crippen MR) is 90.3 cm³/mol. The molecule has 1 aromatic carbocycles. The molecule has 23 heavy (non-hydrogen) atoms. The number of likely N-dealkylation sites (N-methyl/N-ethyl adjacent to an activating group) is 1. The summed E-state index contributed by atoms with van der Waals surface area (Å²) in [6, 6.07) is 8.85. The van der Waals surface area contributed by atoms with E-state index in [-0.39, 0.29) is 19.2 Å². The first-order chi connectivity index (χ1) is 11.1. The van der Waals surface area contributed by atoms with Gasteiger partial charge in [-0.05, 0) is 30.3 Å². The van der Waals surface area contributed by atoms with Gasteiger partial charge in [0, 0.05) is 31.0 Å². The molecule has 0 unspecified atom stereocenters. The summed E-state index contributed by atoms with van der Waals surface area (Å²) in [4.78, 5) is 13.8. The van der Waals surface area contributed by atoms with Crippen molar-refractivity contribution >= 4 is 23.3 Å². The molecule has 2 rings (SSSR count). The van der Waals surface area contributed by atoms with Crippen LogP contribution in [0.3, 0.4) is 0 Å². The molecule has 0 radical (unpaired) electrons. The second-order valence-electron chi connectivity index (χ2n) is 4.94. The van der Waals surface area contributed by atoms with E-state index in [1.54, 1.807) is 25.2 Å². The fourth-order valence-corrected chi connectivity index (χ4v) is 2.17. The van der Waals surface area contributed by atoms with Gasteiger partial charge in [-0.2, -0.15) is 0 Å². The van der Waals surface area contributed by atoms with E-state index in [9.17, 15) is 4.79 Å². The monoisotopic (exact) mass is 337 g/mol. The minimum absolute atomic E-state index is 0.0269. The number of nitrogens with zero attached hydrogens (tertiary/aromatic N) is 2. The topological polar surface area (TPSA) is 66.7 Å². The lowest BCUT2D eigenvalue weighted by atomic mass is 10.2. The van der Waals surface area contributed by atoms with Gasteiger partial charge < -0.3 is 24.6 Å². The van der Waals surface area contributed by atoms with E-state index in [0.717, 1.165) is 5.69 Å². The molecule has 0 aliphatic rings.